The minimum Gasteiger partial charge on any atom is -0.495 e. The highest BCUT2D eigenvalue weighted by Crippen LogP contribution is 2.36. The standard InChI is InChI=1S/C18H18N2O4/c1-23-17-8-13-12-4-2-3-5-15(12)24-16(13)9-14(17)19-18(22)20-7-6-11(21)10-20/h2-5,8-9,11,21H,6-7,10H2,1H3,(H,19,22)/t11-/m0/s1. The molecule has 0 unspecified atom stereocenters. The molecule has 124 valence electrons. The van der Waals surface area contributed by atoms with Crippen LogP contribution in [0.1, 0.15) is 6.42 Å². The van der Waals surface area contributed by atoms with Crippen molar-refractivity contribution in [3.8, 4) is 5.75 Å². The minimum absolute atomic E-state index is 0.250. The molecule has 0 saturated carbocycles. The highest BCUT2D eigenvalue weighted by Gasteiger charge is 2.25. The number of ether oxygens (including phenoxy) is 1. The number of amides is 2. The van der Waals surface area contributed by atoms with Gasteiger partial charge in [0.25, 0.3) is 0 Å². The van der Waals surface area contributed by atoms with Crippen LogP contribution in [0.2, 0.25) is 0 Å². The van der Waals surface area contributed by atoms with Gasteiger partial charge in [-0.3, -0.25) is 0 Å². The van der Waals surface area contributed by atoms with E-state index in [-0.39, 0.29) is 6.03 Å². The third-order valence-corrected chi connectivity index (χ3v) is 4.39. The van der Waals surface area contributed by atoms with Crippen LogP contribution in [-0.4, -0.2) is 42.3 Å². The molecule has 1 aliphatic heterocycles. The lowest BCUT2D eigenvalue weighted by atomic mass is 10.1. The summed E-state index contributed by atoms with van der Waals surface area (Å²) in [5, 5.41) is 14.4. The molecule has 1 saturated heterocycles. The van der Waals surface area contributed by atoms with Gasteiger partial charge in [-0.15, -0.1) is 0 Å². The third kappa shape index (κ3) is 2.45. The molecule has 1 fully saturated rings. The van der Waals surface area contributed by atoms with Gasteiger partial charge in [-0.2, -0.15) is 0 Å². The number of para-hydroxylation sites is 1. The zero-order valence-corrected chi connectivity index (χ0v) is 13.3. The molecule has 0 radical (unpaired) electrons. The summed E-state index contributed by atoms with van der Waals surface area (Å²) >= 11 is 0. The molecule has 1 aromatic heterocycles. The largest absolute Gasteiger partial charge is 0.495 e. The Kier molecular flexibility index (Phi) is 3.54. The number of carbonyl (C=O) groups is 1. The van der Waals surface area contributed by atoms with E-state index in [0.717, 1.165) is 16.4 Å². The Hall–Kier alpha value is -2.73. The number of hydrogen-bond donors (Lipinski definition) is 2. The van der Waals surface area contributed by atoms with Crippen LogP contribution >= 0.6 is 0 Å². The lowest BCUT2D eigenvalue weighted by Crippen LogP contribution is -2.33. The second-order valence-corrected chi connectivity index (χ2v) is 5.97. The van der Waals surface area contributed by atoms with Gasteiger partial charge in [0.1, 0.15) is 16.9 Å². The fourth-order valence-corrected chi connectivity index (χ4v) is 3.14. The summed E-state index contributed by atoms with van der Waals surface area (Å²) < 4.78 is 11.3. The second kappa shape index (κ2) is 5.72. The molecular weight excluding hydrogens is 308 g/mol. The molecule has 6 nitrogen and oxygen atoms in total. The lowest BCUT2D eigenvalue weighted by molar-refractivity contribution is 0.176. The summed E-state index contributed by atoms with van der Waals surface area (Å²) in [5.41, 5.74) is 2.03. The number of fused-ring (bicyclic) bond motifs is 3. The Morgan fingerprint density at radius 2 is 2.12 bits per heavy atom. The fraction of sp³-hybridized carbons (Fsp3) is 0.278. The number of β-amino-alcohol motifs (C(OH)–C–C–N with tert-alkyl or cyclic N) is 1. The maximum absolute atomic E-state index is 12.4. The van der Waals surface area contributed by atoms with Gasteiger partial charge in [-0.1, -0.05) is 18.2 Å². The first kappa shape index (κ1) is 14.8. The highest BCUT2D eigenvalue weighted by molar-refractivity contribution is 6.07. The van der Waals surface area contributed by atoms with Crippen molar-refractivity contribution in [2.24, 2.45) is 0 Å². The number of benzene rings is 2. The zero-order chi connectivity index (χ0) is 16.7. The smallest absolute Gasteiger partial charge is 0.322 e. The van der Waals surface area contributed by atoms with Crippen molar-refractivity contribution in [2.45, 2.75) is 12.5 Å². The topological polar surface area (TPSA) is 74.9 Å². The van der Waals surface area contributed by atoms with Gasteiger partial charge in [0.05, 0.1) is 18.9 Å². The first-order valence-electron chi connectivity index (χ1n) is 7.89. The number of anilines is 1. The monoisotopic (exact) mass is 326 g/mol. The fourth-order valence-electron chi connectivity index (χ4n) is 3.14. The number of nitrogens with zero attached hydrogens (tertiary/aromatic N) is 1. The summed E-state index contributed by atoms with van der Waals surface area (Å²) in [6.45, 7) is 0.892. The molecule has 2 heterocycles. The maximum atomic E-state index is 12.4. The SMILES string of the molecule is COc1cc2c(cc1NC(=O)N1CC[C@H](O)C1)oc1ccccc12. The molecule has 2 N–H and O–H groups in total. The normalized spacial score (nSPS) is 17.6. The number of rotatable bonds is 2. The van der Waals surface area contributed by atoms with Crippen LogP contribution in [0.3, 0.4) is 0 Å². The number of methoxy groups -OCH3 is 1. The Morgan fingerprint density at radius 1 is 1.29 bits per heavy atom. The van der Waals surface area contributed by atoms with Gasteiger partial charge >= 0.3 is 6.03 Å². The predicted octanol–water partition coefficient (Wildman–Crippen LogP) is 3.19. The van der Waals surface area contributed by atoms with E-state index >= 15 is 0 Å². The quantitative estimate of drug-likeness (QED) is 0.758. The number of hydrogen-bond acceptors (Lipinski definition) is 4. The molecule has 24 heavy (non-hydrogen) atoms. The molecule has 0 aliphatic carbocycles. The molecule has 2 aromatic carbocycles. The summed E-state index contributed by atoms with van der Waals surface area (Å²) in [4.78, 5) is 13.9. The summed E-state index contributed by atoms with van der Waals surface area (Å²) in [7, 11) is 1.57. The van der Waals surface area contributed by atoms with Gasteiger partial charge < -0.3 is 24.5 Å². The van der Waals surface area contributed by atoms with E-state index in [1.54, 1.807) is 18.1 Å². The number of aliphatic hydroxyl groups excluding tert-OH is 1. The van der Waals surface area contributed by atoms with Crippen molar-refractivity contribution in [1.29, 1.82) is 0 Å². The number of urea groups is 1. The number of aliphatic hydroxyl groups is 1. The van der Waals surface area contributed by atoms with E-state index < -0.39 is 6.10 Å². The molecule has 3 aromatic rings. The minimum atomic E-state index is -0.449. The van der Waals surface area contributed by atoms with E-state index in [1.165, 1.54) is 0 Å². The van der Waals surface area contributed by atoms with E-state index in [2.05, 4.69) is 5.32 Å². The Labute approximate surface area is 138 Å². The van der Waals surface area contributed by atoms with Crippen molar-refractivity contribution in [3.63, 3.8) is 0 Å². The summed E-state index contributed by atoms with van der Waals surface area (Å²) in [6.07, 6.45) is 0.156. The van der Waals surface area contributed by atoms with Crippen molar-refractivity contribution >= 4 is 33.7 Å². The average Bonchev–Trinajstić information content (AvgIpc) is 3.17. The molecule has 4 rings (SSSR count). The Balaban J connectivity index is 1.71. The van der Waals surface area contributed by atoms with Crippen molar-refractivity contribution in [2.75, 3.05) is 25.5 Å². The van der Waals surface area contributed by atoms with Gasteiger partial charge in [0, 0.05) is 29.9 Å². The van der Waals surface area contributed by atoms with Gasteiger partial charge in [-0.05, 0) is 18.6 Å². The molecule has 6 heteroatoms. The predicted molar refractivity (Wildman–Crippen MR) is 91.5 cm³/mol. The first-order chi connectivity index (χ1) is 11.7. The van der Waals surface area contributed by atoms with Crippen LogP contribution < -0.4 is 10.1 Å². The average molecular weight is 326 g/mol. The van der Waals surface area contributed by atoms with Gasteiger partial charge in [0.15, 0.2) is 0 Å². The van der Waals surface area contributed by atoms with Crippen LogP contribution in [0.4, 0.5) is 10.5 Å². The van der Waals surface area contributed by atoms with Crippen molar-refractivity contribution < 1.29 is 19.1 Å². The maximum Gasteiger partial charge on any atom is 0.322 e. The molecule has 1 atom stereocenters. The molecule has 1 aliphatic rings. The van der Waals surface area contributed by atoms with Crippen LogP contribution in [0.15, 0.2) is 40.8 Å². The molecular formula is C18H18N2O4. The number of furan rings is 1. The molecule has 0 spiro atoms. The van der Waals surface area contributed by atoms with Crippen LogP contribution in [-0.2, 0) is 0 Å². The number of nitrogens with one attached hydrogen (secondary N) is 1. The van der Waals surface area contributed by atoms with E-state index in [4.69, 9.17) is 9.15 Å². The number of likely N-dealkylation sites (tertiary alicyclic amines) is 1. The van der Waals surface area contributed by atoms with Crippen molar-refractivity contribution in [1.82, 2.24) is 4.90 Å². The molecule has 2 amide bonds. The zero-order valence-electron chi connectivity index (χ0n) is 13.3. The first-order valence-corrected chi connectivity index (χ1v) is 7.89. The van der Waals surface area contributed by atoms with Gasteiger partial charge in [-0.25, -0.2) is 4.79 Å². The lowest BCUT2D eigenvalue weighted by Gasteiger charge is -2.17. The Bertz CT molecular complexity index is 918. The van der Waals surface area contributed by atoms with Gasteiger partial charge in [0.2, 0.25) is 0 Å². The highest BCUT2D eigenvalue weighted by atomic mass is 16.5. The summed E-state index contributed by atoms with van der Waals surface area (Å²) in [5.74, 6) is 0.571. The van der Waals surface area contributed by atoms with E-state index in [9.17, 15) is 9.90 Å². The molecule has 0 bridgehead atoms. The second-order valence-electron chi connectivity index (χ2n) is 5.97. The van der Waals surface area contributed by atoms with Crippen molar-refractivity contribution in [3.05, 3.63) is 36.4 Å². The summed E-state index contributed by atoms with van der Waals surface area (Å²) in [6, 6.07) is 11.2. The van der Waals surface area contributed by atoms with Crippen LogP contribution in [0.5, 0.6) is 5.75 Å². The van der Waals surface area contributed by atoms with E-state index in [0.29, 0.717) is 36.5 Å². The van der Waals surface area contributed by atoms with E-state index in [1.807, 2.05) is 30.3 Å². The Morgan fingerprint density at radius 3 is 2.88 bits per heavy atom. The third-order valence-electron chi connectivity index (χ3n) is 4.39. The van der Waals surface area contributed by atoms with Crippen LogP contribution in [0.25, 0.3) is 21.9 Å². The van der Waals surface area contributed by atoms with Crippen LogP contribution in [0, 0.1) is 0 Å². The number of carbonyl (C=O) groups excluding carboxylic acids is 1.